The fourth-order valence-corrected chi connectivity index (χ4v) is 1.86. The van der Waals surface area contributed by atoms with Gasteiger partial charge in [-0.15, -0.1) is 0 Å². The summed E-state index contributed by atoms with van der Waals surface area (Å²) in [7, 11) is 0. The van der Waals surface area contributed by atoms with E-state index in [4.69, 9.17) is 26.9 Å². The summed E-state index contributed by atoms with van der Waals surface area (Å²) in [6, 6.07) is 13.7. The normalized spacial score (nSPS) is 11.1. The van der Waals surface area contributed by atoms with Crippen molar-refractivity contribution in [3.05, 3.63) is 63.6 Å². The van der Waals surface area contributed by atoms with E-state index < -0.39 is 5.97 Å². The van der Waals surface area contributed by atoms with Gasteiger partial charge in [-0.1, -0.05) is 32.7 Å². The van der Waals surface area contributed by atoms with Gasteiger partial charge in [-0.2, -0.15) is 0 Å². The SMILES string of the molecule is N/C(=N/OC(=O)COc1ccc(Br)cc1)c1ccc(Cl)cc1. The van der Waals surface area contributed by atoms with Gasteiger partial charge in [0.15, 0.2) is 12.4 Å². The van der Waals surface area contributed by atoms with Crippen LogP contribution in [0.2, 0.25) is 5.02 Å². The van der Waals surface area contributed by atoms with Crippen LogP contribution in [0.3, 0.4) is 0 Å². The standard InChI is InChI=1S/C15H12BrClN2O3/c16-11-3-7-13(8-4-11)21-9-14(20)22-19-15(18)10-1-5-12(17)6-2-10/h1-8H,9H2,(H2,18,19). The van der Waals surface area contributed by atoms with Gasteiger partial charge in [0, 0.05) is 15.1 Å². The second-order valence-corrected chi connectivity index (χ2v) is 5.54. The molecule has 2 N–H and O–H groups in total. The van der Waals surface area contributed by atoms with E-state index in [-0.39, 0.29) is 12.4 Å². The Morgan fingerprint density at radius 2 is 1.77 bits per heavy atom. The predicted octanol–water partition coefficient (Wildman–Crippen LogP) is 3.35. The maximum Gasteiger partial charge on any atom is 0.372 e. The summed E-state index contributed by atoms with van der Waals surface area (Å²) in [5.41, 5.74) is 6.30. The Kier molecular flexibility index (Phi) is 5.80. The minimum absolute atomic E-state index is 0.0775. The average molecular weight is 384 g/mol. The molecule has 0 aliphatic heterocycles. The molecule has 0 amide bonds. The van der Waals surface area contributed by atoms with Crippen LogP contribution in [0.4, 0.5) is 0 Å². The number of amidine groups is 1. The number of halogens is 2. The lowest BCUT2D eigenvalue weighted by molar-refractivity contribution is -0.146. The van der Waals surface area contributed by atoms with Gasteiger partial charge in [-0.25, -0.2) is 4.79 Å². The highest BCUT2D eigenvalue weighted by Crippen LogP contribution is 2.16. The molecule has 114 valence electrons. The summed E-state index contributed by atoms with van der Waals surface area (Å²) in [6.07, 6.45) is 0. The third-order valence-corrected chi connectivity index (χ3v) is 3.34. The molecule has 0 atom stereocenters. The van der Waals surface area contributed by atoms with E-state index >= 15 is 0 Å². The van der Waals surface area contributed by atoms with Crippen molar-refractivity contribution in [1.29, 1.82) is 0 Å². The molecule has 0 bridgehead atoms. The third-order valence-electron chi connectivity index (χ3n) is 2.56. The Bertz CT molecular complexity index is 672. The molecule has 0 unspecified atom stereocenters. The minimum atomic E-state index is -0.653. The third kappa shape index (κ3) is 5.05. The van der Waals surface area contributed by atoms with Crippen LogP contribution in [-0.4, -0.2) is 18.4 Å². The van der Waals surface area contributed by atoms with Crippen molar-refractivity contribution < 1.29 is 14.4 Å². The molecule has 0 aromatic heterocycles. The fourth-order valence-electron chi connectivity index (χ4n) is 1.47. The topological polar surface area (TPSA) is 73.9 Å². The van der Waals surface area contributed by atoms with Crippen LogP contribution < -0.4 is 10.5 Å². The van der Waals surface area contributed by atoms with Crippen molar-refractivity contribution in [2.24, 2.45) is 10.9 Å². The van der Waals surface area contributed by atoms with E-state index in [2.05, 4.69) is 21.1 Å². The molecule has 0 spiro atoms. The number of ether oxygens (including phenoxy) is 1. The Balaban J connectivity index is 1.85. The molecule has 22 heavy (non-hydrogen) atoms. The Morgan fingerprint density at radius 1 is 1.14 bits per heavy atom. The summed E-state index contributed by atoms with van der Waals surface area (Å²) in [5, 5.41) is 4.14. The Hall–Kier alpha value is -2.05. The zero-order chi connectivity index (χ0) is 15.9. The monoisotopic (exact) mass is 382 g/mol. The van der Waals surface area contributed by atoms with Gasteiger partial charge in [0.2, 0.25) is 0 Å². The van der Waals surface area contributed by atoms with E-state index in [1.165, 1.54) is 0 Å². The van der Waals surface area contributed by atoms with Crippen LogP contribution in [0.5, 0.6) is 5.75 Å². The zero-order valence-electron chi connectivity index (χ0n) is 11.3. The molecule has 0 radical (unpaired) electrons. The van der Waals surface area contributed by atoms with Gasteiger partial charge in [0.05, 0.1) is 0 Å². The number of hydrogen-bond acceptors (Lipinski definition) is 4. The number of hydrogen-bond donors (Lipinski definition) is 1. The van der Waals surface area contributed by atoms with Crippen LogP contribution in [-0.2, 0) is 9.63 Å². The molecular weight excluding hydrogens is 372 g/mol. The van der Waals surface area contributed by atoms with Crippen molar-refractivity contribution in [2.75, 3.05) is 6.61 Å². The van der Waals surface area contributed by atoms with Gasteiger partial charge in [-0.05, 0) is 48.5 Å². The van der Waals surface area contributed by atoms with Crippen LogP contribution in [0.25, 0.3) is 0 Å². The second kappa shape index (κ2) is 7.82. The summed E-state index contributed by atoms with van der Waals surface area (Å²) < 4.78 is 6.17. The molecule has 2 rings (SSSR count). The van der Waals surface area contributed by atoms with Gasteiger partial charge >= 0.3 is 5.97 Å². The quantitative estimate of drug-likeness (QED) is 0.372. The first-order valence-corrected chi connectivity index (χ1v) is 7.39. The van der Waals surface area contributed by atoms with Crippen molar-refractivity contribution in [3.63, 3.8) is 0 Å². The summed E-state index contributed by atoms with van der Waals surface area (Å²) >= 11 is 9.07. The minimum Gasteiger partial charge on any atom is -0.482 e. The Morgan fingerprint density at radius 3 is 2.41 bits per heavy atom. The zero-order valence-corrected chi connectivity index (χ0v) is 13.7. The lowest BCUT2D eigenvalue weighted by Gasteiger charge is -2.04. The average Bonchev–Trinajstić information content (AvgIpc) is 2.52. The van der Waals surface area contributed by atoms with Gasteiger partial charge < -0.3 is 15.3 Å². The number of rotatable bonds is 5. The molecule has 2 aromatic carbocycles. The first-order valence-electron chi connectivity index (χ1n) is 6.22. The summed E-state index contributed by atoms with van der Waals surface area (Å²) in [6.45, 7) is -0.265. The first kappa shape index (κ1) is 16.3. The lowest BCUT2D eigenvalue weighted by Crippen LogP contribution is -2.17. The lowest BCUT2D eigenvalue weighted by atomic mass is 10.2. The molecule has 0 heterocycles. The van der Waals surface area contributed by atoms with Crippen molar-refractivity contribution in [1.82, 2.24) is 0 Å². The second-order valence-electron chi connectivity index (χ2n) is 4.19. The largest absolute Gasteiger partial charge is 0.482 e. The van der Waals surface area contributed by atoms with Crippen LogP contribution >= 0.6 is 27.5 Å². The van der Waals surface area contributed by atoms with Crippen molar-refractivity contribution in [3.8, 4) is 5.75 Å². The molecule has 0 aliphatic carbocycles. The molecule has 2 aromatic rings. The number of carbonyl (C=O) groups is 1. The number of nitrogens with two attached hydrogens (primary N) is 1. The van der Waals surface area contributed by atoms with Crippen molar-refractivity contribution >= 4 is 39.3 Å². The van der Waals surface area contributed by atoms with E-state index in [1.807, 2.05) is 0 Å². The maximum atomic E-state index is 11.5. The van der Waals surface area contributed by atoms with Crippen LogP contribution in [0.15, 0.2) is 58.2 Å². The maximum absolute atomic E-state index is 11.5. The van der Waals surface area contributed by atoms with Crippen LogP contribution in [0, 0.1) is 0 Å². The molecule has 7 heteroatoms. The highest BCUT2D eigenvalue weighted by atomic mass is 79.9. The van der Waals surface area contributed by atoms with Crippen LogP contribution in [0.1, 0.15) is 5.56 Å². The molecule has 5 nitrogen and oxygen atoms in total. The fraction of sp³-hybridized carbons (Fsp3) is 0.0667. The smallest absolute Gasteiger partial charge is 0.372 e. The molecule has 0 aliphatic rings. The Labute approximate surface area is 140 Å². The number of oxime groups is 1. The van der Waals surface area contributed by atoms with E-state index in [9.17, 15) is 4.79 Å². The van der Waals surface area contributed by atoms with Gasteiger partial charge in [0.25, 0.3) is 0 Å². The number of nitrogens with zero attached hydrogens (tertiary/aromatic N) is 1. The summed E-state index contributed by atoms with van der Waals surface area (Å²) in [4.78, 5) is 16.2. The molecule has 0 saturated heterocycles. The summed E-state index contributed by atoms with van der Waals surface area (Å²) in [5.74, 6) is -0.0247. The highest BCUT2D eigenvalue weighted by molar-refractivity contribution is 9.10. The molecule has 0 fully saturated rings. The highest BCUT2D eigenvalue weighted by Gasteiger charge is 2.06. The molecular formula is C15H12BrClN2O3. The first-order chi connectivity index (χ1) is 10.5. The molecule has 0 saturated carbocycles. The number of benzene rings is 2. The number of carbonyl (C=O) groups excluding carboxylic acids is 1. The van der Waals surface area contributed by atoms with E-state index in [1.54, 1.807) is 48.5 Å². The van der Waals surface area contributed by atoms with Crippen molar-refractivity contribution in [2.45, 2.75) is 0 Å². The van der Waals surface area contributed by atoms with E-state index in [0.717, 1.165) is 4.47 Å². The predicted molar refractivity (Wildman–Crippen MR) is 87.9 cm³/mol. The van der Waals surface area contributed by atoms with Gasteiger partial charge in [-0.3, -0.25) is 0 Å². The van der Waals surface area contributed by atoms with Gasteiger partial charge in [0.1, 0.15) is 5.75 Å². The van der Waals surface area contributed by atoms with E-state index in [0.29, 0.717) is 16.3 Å².